The lowest BCUT2D eigenvalue weighted by molar-refractivity contribution is 0.766. The van der Waals surface area contributed by atoms with Crippen molar-refractivity contribution in [3.05, 3.63) is 197 Å². The van der Waals surface area contributed by atoms with Gasteiger partial charge in [-0.15, -0.1) is 0 Å². The Labute approximate surface area is 269 Å². The molecule has 7 aromatic rings. The van der Waals surface area contributed by atoms with Gasteiger partial charge in [-0.3, -0.25) is 0 Å². The number of benzene rings is 7. The van der Waals surface area contributed by atoms with Gasteiger partial charge in [0.15, 0.2) is 0 Å². The van der Waals surface area contributed by atoms with Crippen LogP contribution >= 0.6 is 0 Å². The normalized spacial score (nSPS) is 14.1. The van der Waals surface area contributed by atoms with Gasteiger partial charge < -0.3 is 4.90 Å². The predicted octanol–water partition coefficient (Wildman–Crippen LogP) is 11.7. The second-order valence-electron chi connectivity index (χ2n) is 12.4. The number of rotatable bonds is 1. The number of para-hydroxylation sites is 2. The lowest BCUT2D eigenvalue weighted by Crippen LogP contribution is -2.30. The summed E-state index contributed by atoms with van der Waals surface area (Å²) in [5.74, 6) is 0. The van der Waals surface area contributed by atoms with Crippen LogP contribution in [0.1, 0.15) is 33.4 Å². The van der Waals surface area contributed by atoms with Gasteiger partial charge in [0.1, 0.15) is 0 Å². The summed E-state index contributed by atoms with van der Waals surface area (Å²) >= 11 is 0. The predicted molar refractivity (Wildman–Crippen MR) is 192 cm³/mol. The molecule has 1 aliphatic heterocycles. The first-order valence-electron chi connectivity index (χ1n) is 16.0. The largest absolute Gasteiger partial charge is 0.309 e. The molecule has 7 aromatic carbocycles. The molecule has 1 nitrogen and oxygen atoms in total. The van der Waals surface area contributed by atoms with Crippen LogP contribution in [0.4, 0.5) is 17.1 Å². The molecule has 1 heteroatoms. The molecule has 214 valence electrons. The molecule has 1 heterocycles. The van der Waals surface area contributed by atoms with Crippen molar-refractivity contribution < 1.29 is 0 Å². The smallest absolute Gasteiger partial charge is 0.0725 e. The van der Waals surface area contributed by atoms with Crippen LogP contribution in [0.3, 0.4) is 0 Å². The van der Waals surface area contributed by atoms with Crippen LogP contribution in [0.5, 0.6) is 0 Å². The highest BCUT2D eigenvalue weighted by Crippen LogP contribution is 2.60. The minimum Gasteiger partial charge on any atom is -0.309 e. The van der Waals surface area contributed by atoms with Crippen molar-refractivity contribution in [2.45, 2.75) is 5.41 Å². The molecule has 1 spiro atoms. The van der Waals surface area contributed by atoms with Crippen molar-refractivity contribution in [2.75, 3.05) is 4.90 Å². The number of hydrogen-bond acceptors (Lipinski definition) is 1. The highest BCUT2D eigenvalue weighted by Gasteiger charge is 2.48. The van der Waals surface area contributed by atoms with E-state index in [2.05, 4.69) is 181 Å². The third-order valence-electron chi connectivity index (χ3n) is 10.3. The van der Waals surface area contributed by atoms with Gasteiger partial charge in [-0.1, -0.05) is 152 Å². The molecule has 46 heavy (non-hydrogen) atoms. The first-order chi connectivity index (χ1) is 22.8. The zero-order valence-corrected chi connectivity index (χ0v) is 25.2. The summed E-state index contributed by atoms with van der Waals surface area (Å²) in [5, 5.41) is 0. The Morgan fingerprint density at radius 3 is 1.35 bits per heavy atom. The Morgan fingerprint density at radius 2 is 0.761 bits per heavy atom. The van der Waals surface area contributed by atoms with Gasteiger partial charge in [0, 0.05) is 16.8 Å². The van der Waals surface area contributed by atoms with Gasteiger partial charge >= 0.3 is 0 Å². The molecule has 0 bridgehead atoms. The van der Waals surface area contributed by atoms with Crippen LogP contribution in [0.25, 0.3) is 45.5 Å². The van der Waals surface area contributed by atoms with E-state index in [9.17, 15) is 0 Å². The molecule has 0 saturated carbocycles. The third-order valence-corrected chi connectivity index (χ3v) is 10.3. The molecule has 10 rings (SSSR count). The lowest BCUT2D eigenvalue weighted by Gasteiger charge is -2.36. The van der Waals surface area contributed by atoms with Crippen LogP contribution in [-0.2, 0) is 5.41 Å². The molecule has 0 saturated heterocycles. The molecule has 0 radical (unpaired) electrons. The van der Waals surface area contributed by atoms with Crippen molar-refractivity contribution >= 4 is 29.2 Å². The summed E-state index contributed by atoms with van der Waals surface area (Å²) in [6, 6.07) is 60.7. The summed E-state index contributed by atoms with van der Waals surface area (Å²) in [4.78, 5) is 2.48. The summed E-state index contributed by atoms with van der Waals surface area (Å²) in [5.41, 5.74) is 18.5. The second-order valence-corrected chi connectivity index (χ2v) is 12.4. The molecular weight excluding hydrogens is 555 g/mol. The fourth-order valence-electron chi connectivity index (χ4n) is 8.43. The quantitative estimate of drug-likeness (QED) is 0.186. The molecular formula is C45H29N. The third kappa shape index (κ3) is 3.29. The van der Waals surface area contributed by atoms with E-state index in [1.54, 1.807) is 0 Å². The Morgan fingerprint density at radius 1 is 0.326 bits per heavy atom. The zero-order valence-electron chi connectivity index (χ0n) is 25.2. The van der Waals surface area contributed by atoms with E-state index in [-0.39, 0.29) is 0 Å². The summed E-state index contributed by atoms with van der Waals surface area (Å²) in [7, 11) is 0. The number of fused-ring (bicyclic) bond motifs is 14. The van der Waals surface area contributed by atoms with E-state index in [1.165, 1.54) is 78.1 Å². The van der Waals surface area contributed by atoms with Gasteiger partial charge in [-0.05, 0) is 79.9 Å². The standard InChI is InChI=1S/C45H29N/c1-8-20-39-30(13-1)25-26-31-14-2-9-21-40(31)45(39)41-22-10-5-17-35(41)36-28-27-32(29-42(36)45)46-43-23-11-6-18-37(43)33-15-3-4-16-34(33)38-19-7-12-24-44(38)46/h1-29H. The van der Waals surface area contributed by atoms with Crippen LogP contribution in [-0.4, -0.2) is 0 Å². The van der Waals surface area contributed by atoms with Gasteiger partial charge in [-0.25, -0.2) is 0 Å². The highest BCUT2D eigenvalue weighted by molar-refractivity contribution is 6.03. The van der Waals surface area contributed by atoms with E-state index in [0.29, 0.717) is 0 Å². The Balaban J connectivity index is 1.32. The van der Waals surface area contributed by atoms with Crippen molar-refractivity contribution in [2.24, 2.45) is 0 Å². The van der Waals surface area contributed by atoms with Crippen molar-refractivity contribution in [1.29, 1.82) is 0 Å². The van der Waals surface area contributed by atoms with Gasteiger partial charge in [0.25, 0.3) is 0 Å². The summed E-state index contributed by atoms with van der Waals surface area (Å²) in [6.45, 7) is 0. The topological polar surface area (TPSA) is 3.24 Å². The van der Waals surface area contributed by atoms with Crippen molar-refractivity contribution in [3.63, 3.8) is 0 Å². The SMILES string of the molecule is C1=Cc2ccccc2C2(c3ccccc31)c1ccccc1-c1ccc(N3c4ccccc4-c4ccccc4-c4ccccc43)cc12. The van der Waals surface area contributed by atoms with Crippen molar-refractivity contribution in [3.8, 4) is 33.4 Å². The van der Waals surface area contributed by atoms with Crippen LogP contribution in [0.15, 0.2) is 164 Å². The molecule has 3 aliphatic rings. The minimum atomic E-state index is -0.466. The molecule has 0 fully saturated rings. The molecule has 0 atom stereocenters. The fraction of sp³-hybridized carbons (Fsp3) is 0.0222. The summed E-state index contributed by atoms with van der Waals surface area (Å²) in [6.07, 6.45) is 4.60. The van der Waals surface area contributed by atoms with E-state index in [4.69, 9.17) is 0 Å². The van der Waals surface area contributed by atoms with Gasteiger partial charge in [0.2, 0.25) is 0 Å². The Bertz CT molecular complexity index is 2280. The monoisotopic (exact) mass is 583 g/mol. The highest BCUT2D eigenvalue weighted by atomic mass is 15.1. The molecule has 0 aromatic heterocycles. The second kappa shape index (κ2) is 9.54. The first kappa shape index (κ1) is 25.4. The van der Waals surface area contributed by atoms with E-state index < -0.39 is 5.41 Å². The van der Waals surface area contributed by atoms with Crippen LogP contribution in [0.2, 0.25) is 0 Å². The maximum atomic E-state index is 2.48. The number of anilines is 3. The molecule has 0 amide bonds. The fourth-order valence-corrected chi connectivity index (χ4v) is 8.43. The Kier molecular flexibility index (Phi) is 5.27. The maximum Gasteiger partial charge on any atom is 0.0725 e. The van der Waals surface area contributed by atoms with Gasteiger partial charge in [-0.2, -0.15) is 0 Å². The maximum absolute atomic E-state index is 2.48. The van der Waals surface area contributed by atoms with Crippen molar-refractivity contribution in [1.82, 2.24) is 0 Å². The zero-order chi connectivity index (χ0) is 30.2. The average molecular weight is 584 g/mol. The Hall–Kier alpha value is -5.92. The lowest BCUT2D eigenvalue weighted by atomic mass is 9.66. The van der Waals surface area contributed by atoms with Gasteiger partial charge in [0.05, 0.1) is 16.8 Å². The first-order valence-corrected chi connectivity index (χ1v) is 16.0. The molecule has 0 N–H and O–H groups in total. The molecule has 2 aliphatic carbocycles. The molecule has 0 unspecified atom stereocenters. The van der Waals surface area contributed by atoms with E-state index in [0.717, 1.165) is 5.69 Å². The number of nitrogens with zero attached hydrogens (tertiary/aromatic N) is 1. The van der Waals surface area contributed by atoms with E-state index >= 15 is 0 Å². The summed E-state index contributed by atoms with van der Waals surface area (Å²) < 4.78 is 0. The van der Waals surface area contributed by atoms with Crippen LogP contribution < -0.4 is 4.90 Å². The van der Waals surface area contributed by atoms with Crippen LogP contribution in [0, 0.1) is 0 Å². The number of hydrogen-bond donors (Lipinski definition) is 0. The van der Waals surface area contributed by atoms with E-state index in [1.807, 2.05) is 0 Å². The average Bonchev–Trinajstić information content (AvgIpc) is 3.23. The minimum absolute atomic E-state index is 0.466.